The summed E-state index contributed by atoms with van der Waals surface area (Å²) < 4.78 is 26.6. The fourth-order valence-electron chi connectivity index (χ4n) is 2.36. The zero-order chi connectivity index (χ0) is 15.5. The number of thiophene rings is 1. The lowest BCUT2D eigenvalue weighted by Crippen LogP contribution is -2.44. The van der Waals surface area contributed by atoms with Gasteiger partial charge in [-0.05, 0) is 37.6 Å². The summed E-state index contributed by atoms with van der Waals surface area (Å²) in [5.74, 6) is -0.0219. The van der Waals surface area contributed by atoms with Gasteiger partial charge in [-0.2, -0.15) is 4.31 Å². The topological polar surface area (TPSA) is 66.5 Å². The molecule has 2 heterocycles. The summed E-state index contributed by atoms with van der Waals surface area (Å²) in [7, 11) is -3.38. The highest BCUT2D eigenvalue weighted by Crippen LogP contribution is 2.26. The fourth-order valence-corrected chi connectivity index (χ4v) is 4.97. The van der Waals surface area contributed by atoms with Crippen molar-refractivity contribution in [2.75, 3.05) is 13.1 Å². The number of carbonyl (C=O) groups excluding carboxylic acids is 1. The summed E-state index contributed by atoms with van der Waals surface area (Å²) in [6.07, 6.45) is 2.08. The molecule has 0 radical (unpaired) electrons. The maximum Gasteiger partial charge on any atom is 0.252 e. The van der Waals surface area contributed by atoms with Crippen LogP contribution in [-0.4, -0.2) is 37.8 Å². The third-order valence-electron chi connectivity index (χ3n) is 3.91. The van der Waals surface area contributed by atoms with Crippen LogP contribution in [0.25, 0.3) is 0 Å². The predicted octanol–water partition coefficient (Wildman–Crippen LogP) is 2.06. The Morgan fingerprint density at radius 3 is 2.67 bits per heavy atom. The molecule has 2 rings (SSSR count). The van der Waals surface area contributed by atoms with Crippen molar-refractivity contribution in [2.45, 2.75) is 43.4 Å². The molecule has 1 atom stereocenters. The second-order valence-corrected chi connectivity index (χ2v) is 8.54. The van der Waals surface area contributed by atoms with Gasteiger partial charge in [-0.3, -0.25) is 4.79 Å². The highest BCUT2D eigenvalue weighted by molar-refractivity contribution is 7.91. The average Bonchev–Trinajstić information content (AvgIpc) is 3.02. The van der Waals surface area contributed by atoms with Crippen LogP contribution in [0.4, 0.5) is 0 Å². The minimum absolute atomic E-state index is 0.0533. The molecular weight excluding hydrogens is 308 g/mol. The van der Waals surface area contributed by atoms with Crippen molar-refractivity contribution in [1.29, 1.82) is 0 Å². The van der Waals surface area contributed by atoms with E-state index < -0.39 is 10.0 Å². The van der Waals surface area contributed by atoms with Gasteiger partial charge in [0.2, 0.25) is 5.91 Å². The van der Waals surface area contributed by atoms with Gasteiger partial charge < -0.3 is 5.32 Å². The molecule has 1 N–H and O–H groups in total. The first-order valence-corrected chi connectivity index (χ1v) is 9.61. The molecule has 1 aromatic heterocycles. The summed E-state index contributed by atoms with van der Waals surface area (Å²) in [6, 6.07) is 3.54. The van der Waals surface area contributed by atoms with Crippen LogP contribution in [-0.2, 0) is 14.8 Å². The summed E-state index contributed by atoms with van der Waals surface area (Å²) >= 11 is 1.23. The molecule has 7 heteroatoms. The van der Waals surface area contributed by atoms with E-state index in [0.717, 1.165) is 6.42 Å². The van der Waals surface area contributed by atoms with Crippen LogP contribution >= 0.6 is 11.3 Å². The van der Waals surface area contributed by atoms with Crippen LogP contribution in [0.5, 0.6) is 0 Å². The fraction of sp³-hybridized carbons (Fsp3) is 0.643. The van der Waals surface area contributed by atoms with Gasteiger partial charge in [-0.25, -0.2) is 8.42 Å². The van der Waals surface area contributed by atoms with E-state index in [-0.39, 0.29) is 17.9 Å². The van der Waals surface area contributed by atoms with Gasteiger partial charge in [0, 0.05) is 25.0 Å². The van der Waals surface area contributed by atoms with E-state index in [2.05, 4.69) is 5.32 Å². The van der Waals surface area contributed by atoms with E-state index in [9.17, 15) is 13.2 Å². The standard InChI is InChI=1S/C14H22N2O3S2/c1-3-11(2)15-14(17)12-6-8-16(9-7-12)21(18,19)13-5-4-10-20-13/h4-5,10-12H,3,6-9H2,1-2H3,(H,15,17)/t11-/m1/s1. The van der Waals surface area contributed by atoms with E-state index in [1.165, 1.54) is 15.6 Å². The number of hydrogen-bond donors (Lipinski definition) is 1. The highest BCUT2D eigenvalue weighted by Gasteiger charge is 2.32. The number of rotatable bonds is 5. The van der Waals surface area contributed by atoms with Gasteiger partial charge in [0.1, 0.15) is 4.21 Å². The zero-order valence-electron chi connectivity index (χ0n) is 12.4. The average molecular weight is 330 g/mol. The van der Waals surface area contributed by atoms with Gasteiger partial charge in [-0.1, -0.05) is 13.0 Å². The van der Waals surface area contributed by atoms with Gasteiger partial charge in [-0.15, -0.1) is 11.3 Å². The maximum absolute atomic E-state index is 12.4. The lowest BCUT2D eigenvalue weighted by atomic mass is 9.97. The Morgan fingerprint density at radius 2 is 2.14 bits per heavy atom. The molecule has 1 aliphatic heterocycles. The largest absolute Gasteiger partial charge is 0.353 e. The second-order valence-electron chi connectivity index (χ2n) is 5.43. The monoisotopic (exact) mass is 330 g/mol. The van der Waals surface area contributed by atoms with Crippen LogP contribution in [0.2, 0.25) is 0 Å². The Kier molecular flexibility index (Phi) is 5.40. The van der Waals surface area contributed by atoms with E-state index >= 15 is 0 Å². The maximum atomic E-state index is 12.4. The molecule has 1 fully saturated rings. The highest BCUT2D eigenvalue weighted by atomic mass is 32.2. The number of nitrogens with one attached hydrogen (secondary N) is 1. The zero-order valence-corrected chi connectivity index (χ0v) is 14.0. The van der Waals surface area contributed by atoms with Gasteiger partial charge in [0.15, 0.2) is 0 Å². The lowest BCUT2D eigenvalue weighted by Gasteiger charge is -2.30. The number of sulfonamides is 1. The summed E-state index contributed by atoms with van der Waals surface area (Å²) in [5.41, 5.74) is 0. The summed E-state index contributed by atoms with van der Waals surface area (Å²) in [6.45, 7) is 4.84. The number of amides is 1. The minimum Gasteiger partial charge on any atom is -0.353 e. The van der Waals surface area contributed by atoms with Gasteiger partial charge in [0.05, 0.1) is 0 Å². The third kappa shape index (κ3) is 3.84. The Labute approximate surface area is 130 Å². The van der Waals surface area contributed by atoms with Crippen LogP contribution in [0.15, 0.2) is 21.7 Å². The first-order valence-electron chi connectivity index (χ1n) is 7.29. The Balaban J connectivity index is 1.93. The molecule has 1 amide bonds. The number of carbonyl (C=O) groups is 1. The number of nitrogens with zero attached hydrogens (tertiary/aromatic N) is 1. The summed E-state index contributed by atoms with van der Waals surface area (Å²) in [5, 5.41) is 4.74. The van der Waals surface area contributed by atoms with E-state index in [1.54, 1.807) is 17.5 Å². The molecular formula is C14H22N2O3S2. The van der Waals surface area contributed by atoms with Crippen molar-refractivity contribution >= 4 is 27.3 Å². The van der Waals surface area contributed by atoms with Gasteiger partial charge in [0.25, 0.3) is 10.0 Å². The first kappa shape index (κ1) is 16.5. The number of hydrogen-bond acceptors (Lipinski definition) is 4. The van der Waals surface area contributed by atoms with Crippen LogP contribution in [0.3, 0.4) is 0 Å². The van der Waals surface area contributed by atoms with Crippen LogP contribution in [0, 0.1) is 5.92 Å². The van der Waals surface area contributed by atoms with Crippen LogP contribution < -0.4 is 5.32 Å². The molecule has 21 heavy (non-hydrogen) atoms. The number of piperidine rings is 1. The third-order valence-corrected chi connectivity index (χ3v) is 7.19. The van der Waals surface area contributed by atoms with E-state index in [1.807, 2.05) is 13.8 Å². The normalized spacial score (nSPS) is 19.3. The lowest BCUT2D eigenvalue weighted by molar-refractivity contribution is -0.126. The Hall–Kier alpha value is -0.920. The van der Waals surface area contributed by atoms with Crippen molar-refractivity contribution < 1.29 is 13.2 Å². The molecule has 0 aromatic carbocycles. The summed E-state index contributed by atoms with van der Waals surface area (Å²) in [4.78, 5) is 12.1. The molecule has 5 nitrogen and oxygen atoms in total. The quantitative estimate of drug-likeness (QED) is 0.899. The molecule has 118 valence electrons. The molecule has 0 bridgehead atoms. The molecule has 0 saturated carbocycles. The Bertz CT molecular complexity index is 561. The Morgan fingerprint density at radius 1 is 1.48 bits per heavy atom. The van der Waals surface area contributed by atoms with E-state index in [0.29, 0.717) is 30.1 Å². The van der Waals surface area contributed by atoms with Crippen molar-refractivity contribution in [3.8, 4) is 0 Å². The SMILES string of the molecule is CC[C@@H](C)NC(=O)C1CCN(S(=O)(=O)c2cccs2)CC1. The van der Waals surface area contributed by atoms with Crippen molar-refractivity contribution in [3.05, 3.63) is 17.5 Å². The van der Waals surface area contributed by atoms with Crippen molar-refractivity contribution in [3.63, 3.8) is 0 Å². The smallest absolute Gasteiger partial charge is 0.252 e. The molecule has 1 aromatic rings. The first-order chi connectivity index (χ1) is 9.95. The minimum atomic E-state index is -3.38. The molecule has 0 spiro atoms. The van der Waals surface area contributed by atoms with Crippen LogP contribution in [0.1, 0.15) is 33.1 Å². The molecule has 1 saturated heterocycles. The molecule has 0 aliphatic carbocycles. The van der Waals surface area contributed by atoms with Gasteiger partial charge >= 0.3 is 0 Å². The predicted molar refractivity (Wildman–Crippen MR) is 83.7 cm³/mol. The van der Waals surface area contributed by atoms with Crippen molar-refractivity contribution in [1.82, 2.24) is 9.62 Å². The molecule has 1 aliphatic rings. The van der Waals surface area contributed by atoms with E-state index in [4.69, 9.17) is 0 Å². The second kappa shape index (κ2) is 6.89. The molecule has 0 unspecified atom stereocenters. The van der Waals surface area contributed by atoms with Crippen molar-refractivity contribution in [2.24, 2.45) is 5.92 Å².